The van der Waals surface area contributed by atoms with Crippen molar-refractivity contribution in [3.05, 3.63) is 52.8 Å². The summed E-state index contributed by atoms with van der Waals surface area (Å²) in [6.45, 7) is 4.05. The van der Waals surface area contributed by atoms with Gasteiger partial charge in [0.25, 0.3) is 5.91 Å². The summed E-state index contributed by atoms with van der Waals surface area (Å²) < 4.78 is 5.32. The summed E-state index contributed by atoms with van der Waals surface area (Å²) in [6.07, 6.45) is 1.76. The highest BCUT2D eigenvalue weighted by atomic mass is 35.5. The van der Waals surface area contributed by atoms with Crippen LogP contribution in [0.3, 0.4) is 0 Å². The highest BCUT2D eigenvalue weighted by Gasteiger charge is 2.22. The monoisotopic (exact) mass is 438 g/mol. The number of ether oxygens (including phenoxy) is 1. The third kappa shape index (κ3) is 4.30. The molecular formula is C22H23ClN6O2. The summed E-state index contributed by atoms with van der Waals surface area (Å²) >= 11 is 6.54. The van der Waals surface area contributed by atoms with Crippen LogP contribution in [0.5, 0.6) is 0 Å². The number of aromatic nitrogens is 3. The number of benzene rings is 1. The van der Waals surface area contributed by atoms with E-state index < -0.39 is 0 Å². The van der Waals surface area contributed by atoms with Crippen molar-refractivity contribution in [2.24, 2.45) is 0 Å². The van der Waals surface area contributed by atoms with Crippen molar-refractivity contribution < 1.29 is 9.53 Å². The normalized spacial score (nSPS) is 13.8. The number of nitrogens with two attached hydrogens (primary N) is 1. The number of nitrogen functional groups attached to an aromatic ring is 1. The van der Waals surface area contributed by atoms with Crippen LogP contribution >= 0.6 is 11.6 Å². The van der Waals surface area contributed by atoms with Gasteiger partial charge in [-0.3, -0.25) is 4.79 Å². The molecule has 160 valence electrons. The van der Waals surface area contributed by atoms with Crippen molar-refractivity contribution in [3.8, 4) is 22.4 Å². The minimum absolute atomic E-state index is 0.106. The Morgan fingerprint density at radius 2 is 1.90 bits per heavy atom. The molecule has 3 N–H and O–H groups in total. The Labute approximate surface area is 185 Å². The molecule has 0 spiro atoms. The van der Waals surface area contributed by atoms with Crippen molar-refractivity contribution in [2.75, 3.05) is 44.4 Å². The summed E-state index contributed by atoms with van der Waals surface area (Å²) in [4.78, 5) is 27.8. The number of carbonyl (C=O) groups is 1. The third-order valence-electron chi connectivity index (χ3n) is 5.19. The second-order valence-corrected chi connectivity index (χ2v) is 7.58. The van der Waals surface area contributed by atoms with Gasteiger partial charge >= 0.3 is 0 Å². The van der Waals surface area contributed by atoms with Crippen LogP contribution in [-0.4, -0.2) is 59.1 Å². The van der Waals surface area contributed by atoms with Crippen LogP contribution in [0.25, 0.3) is 22.4 Å². The van der Waals surface area contributed by atoms with Crippen molar-refractivity contribution in [1.82, 2.24) is 19.9 Å². The van der Waals surface area contributed by atoms with Crippen LogP contribution in [0.2, 0.25) is 5.02 Å². The van der Waals surface area contributed by atoms with Gasteiger partial charge in [0.2, 0.25) is 5.95 Å². The maximum absolute atomic E-state index is 12.9. The first kappa shape index (κ1) is 21.0. The van der Waals surface area contributed by atoms with E-state index in [0.29, 0.717) is 42.6 Å². The Balaban J connectivity index is 1.75. The molecule has 0 aliphatic carbocycles. The number of carbonyl (C=O) groups excluding carboxylic acids is 1. The second-order valence-electron chi connectivity index (χ2n) is 7.17. The topological polar surface area (TPSA) is 106 Å². The number of rotatable bonds is 4. The molecule has 0 radical (unpaired) electrons. The zero-order chi connectivity index (χ0) is 22.0. The van der Waals surface area contributed by atoms with E-state index in [1.54, 1.807) is 23.2 Å². The largest absolute Gasteiger partial charge is 0.378 e. The Morgan fingerprint density at radius 3 is 2.55 bits per heavy atom. The molecule has 3 aromatic rings. The predicted molar refractivity (Wildman–Crippen MR) is 121 cm³/mol. The van der Waals surface area contributed by atoms with Gasteiger partial charge in [-0.25, -0.2) is 15.0 Å². The van der Waals surface area contributed by atoms with Gasteiger partial charge in [-0.15, -0.1) is 0 Å². The molecule has 8 nitrogen and oxygen atoms in total. The smallest absolute Gasteiger partial charge is 0.255 e. The van der Waals surface area contributed by atoms with Gasteiger partial charge < -0.3 is 20.7 Å². The number of halogens is 1. The number of anilines is 2. The minimum atomic E-state index is -0.106. The number of nitrogens with one attached hydrogen (secondary N) is 1. The first-order chi connectivity index (χ1) is 15.0. The van der Waals surface area contributed by atoms with Crippen LogP contribution in [0.4, 0.5) is 11.8 Å². The van der Waals surface area contributed by atoms with E-state index in [4.69, 9.17) is 22.1 Å². The molecule has 31 heavy (non-hydrogen) atoms. The molecule has 2 aromatic heterocycles. The van der Waals surface area contributed by atoms with Crippen molar-refractivity contribution in [1.29, 1.82) is 0 Å². The summed E-state index contributed by atoms with van der Waals surface area (Å²) in [5, 5.41) is 3.36. The van der Waals surface area contributed by atoms with Gasteiger partial charge in [0.1, 0.15) is 5.82 Å². The maximum Gasteiger partial charge on any atom is 0.255 e. The van der Waals surface area contributed by atoms with E-state index in [9.17, 15) is 4.79 Å². The number of nitrogens with zero attached hydrogens (tertiary/aromatic N) is 4. The van der Waals surface area contributed by atoms with Gasteiger partial charge in [-0.2, -0.15) is 0 Å². The molecule has 0 atom stereocenters. The lowest BCUT2D eigenvalue weighted by Crippen LogP contribution is -2.40. The molecule has 0 bridgehead atoms. The fraction of sp³-hybridized carbons (Fsp3) is 0.273. The molecule has 1 aliphatic heterocycles. The standard InChI is InChI=1S/C22H23ClN6O2/c1-13-19(15-4-6-18(25-2)26-12-15)20(28-22(24)27-13)14-3-5-16(17(23)11-14)21(30)29-7-9-31-10-8-29/h3-6,11-12H,7-10H2,1-2H3,(H,25,26)(H2,24,27,28). The van der Waals surface area contributed by atoms with Gasteiger partial charge in [-0.05, 0) is 31.2 Å². The fourth-order valence-electron chi connectivity index (χ4n) is 3.61. The Hall–Kier alpha value is -3.23. The average Bonchev–Trinajstić information content (AvgIpc) is 2.79. The highest BCUT2D eigenvalue weighted by molar-refractivity contribution is 6.34. The lowest BCUT2D eigenvalue weighted by molar-refractivity contribution is 0.0303. The molecule has 1 amide bonds. The van der Waals surface area contributed by atoms with Crippen LogP contribution in [0, 0.1) is 6.92 Å². The van der Waals surface area contributed by atoms with E-state index in [1.807, 2.05) is 32.2 Å². The minimum Gasteiger partial charge on any atom is -0.378 e. The molecule has 1 saturated heterocycles. The lowest BCUT2D eigenvalue weighted by Gasteiger charge is -2.27. The van der Waals surface area contributed by atoms with Crippen LogP contribution in [0.15, 0.2) is 36.5 Å². The number of hydrogen-bond donors (Lipinski definition) is 2. The molecule has 4 rings (SSSR count). The van der Waals surface area contributed by atoms with Crippen molar-refractivity contribution in [3.63, 3.8) is 0 Å². The Kier molecular flexibility index (Phi) is 6.01. The predicted octanol–water partition coefficient (Wildman–Crippen LogP) is 3.26. The Morgan fingerprint density at radius 1 is 1.16 bits per heavy atom. The second kappa shape index (κ2) is 8.87. The molecular weight excluding hydrogens is 416 g/mol. The van der Waals surface area contributed by atoms with E-state index in [0.717, 1.165) is 28.2 Å². The molecule has 9 heteroatoms. The van der Waals surface area contributed by atoms with Crippen LogP contribution in [-0.2, 0) is 4.74 Å². The van der Waals surface area contributed by atoms with Crippen molar-refractivity contribution >= 4 is 29.3 Å². The lowest BCUT2D eigenvalue weighted by atomic mass is 9.98. The maximum atomic E-state index is 12.9. The molecule has 1 aliphatic rings. The fourth-order valence-corrected chi connectivity index (χ4v) is 3.87. The van der Waals surface area contributed by atoms with E-state index >= 15 is 0 Å². The molecule has 1 aromatic carbocycles. The van der Waals surface area contributed by atoms with Crippen LogP contribution in [0.1, 0.15) is 16.1 Å². The van der Waals surface area contributed by atoms with E-state index in [-0.39, 0.29) is 11.9 Å². The number of pyridine rings is 1. The number of amides is 1. The highest BCUT2D eigenvalue weighted by Crippen LogP contribution is 2.35. The van der Waals surface area contributed by atoms with E-state index in [1.165, 1.54) is 0 Å². The molecule has 0 saturated carbocycles. The van der Waals surface area contributed by atoms with E-state index in [2.05, 4.69) is 20.3 Å². The van der Waals surface area contributed by atoms with Crippen LogP contribution < -0.4 is 11.1 Å². The molecule has 3 heterocycles. The van der Waals surface area contributed by atoms with Crippen molar-refractivity contribution in [2.45, 2.75) is 6.92 Å². The van der Waals surface area contributed by atoms with Gasteiger partial charge in [-0.1, -0.05) is 17.7 Å². The zero-order valence-corrected chi connectivity index (χ0v) is 18.1. The first-order valence-electron chi connectivity index (χ1n) is 9.93. The summed E-state index contributed by atoms with van der Waals surface area (Å²) in [5.41, 5.74) is 10.2. The van der Waals surface area contributed by atoms with Gasteiger partial charge in [0.15, 0.2) is 0 Å². The van der Waals surface area contributed by atoms with Gasteiger partial charge in [0.05, 0.1) is 35.2 Å². The zero-order valence-electron chi connectivity index (χ0n) is 17.4. The third-order valence-corrected chi connectivity index (χ3v) is 5.50. The number of morpholine rings is 1. The quantitative estimate of drug-likeness (QED) is 0.643. The SMILES string of the molecule is CNc1ccc(-c2c(C)nc(N)nc2-c2ccc(C(=O)N3CCOCC3)c(Cl)c2)cn1. The molecule has 0 unspecified atom stereocenters. The Bertz CT molecular complexity index is 1110. The average molecular weight is 439 g/mol. The van der Waals surface area contributed by atoms with Gasteiger partial charge in [0, 0.05) is 43.0 Å². The number of aryl methyl sites for hydroxylation is 1. The number of hydrogen-bond acceptors (Lipinski definition) is 7. The first-order valence-corrected chi connectivity index (χ1v) is 10.3. The molecule has 1 fully saturated rings. The summed E-state index contributed by atoms with van der Waals surface area (Å²) in [5.74, 6) is 0.819. The summed E-state index contributed by atoms with van der Waals surface area (Å²) in [6, 6.07) is 9.14. The summed E-state index contributed by atoms with van der Waals surface area (Å²) in [7, 11) is 1.81.